The Morgan fingerprint density at radius 3 is 2.57 bits per heavy atom. The van der Waals surface area contributed by atoms with E-state index >= 15 is 0 Å². The molecule has 0 fully saturated rings. The van der Waals surface area contributed by atoms with Gasteiger partial charge in [-0.3, -0.25) is 4.79 Å². The van der Waals surface area contributed by atoms with E-state index in [2.05, 4.69) is 5.32 Å². The van der Waals surface area contributed by atoms with Crippen molar-refractivity contribution in [2.45, 2.75) is 13.3 Å². The molecule has 2 aromatic carbocycles. The number of aliphatic hydroxyl groups is 1. The van der Waals surface area contributed by atoms with E-state index in [-0.39, 0.29) is 24.5 Å². The van der Waals surface area contributed by atoms with Gasteiger partial charge in [0.2, 0.25) is 0 Å². The Kier molecular flexibility index (Phi) is 5.64. The Bertz CT molecular complexity index is 675. The molecule has 2 aromatic rings. The summed E-state index contributed by atoms with van der Waals surface area (Å²) in [5.41, 5.74) is 0.715. The van der Waals surface area contributed by atoms with Gasteiger partial charge in [0.05, 0.1) is 12.2 Å². The zero-order valence-corrected chi connectivity index (χ0v) is 13.7. The van der Waals surface area contributed by atoms with Crippen LogP contribution in [0.3, 0.4) is 0 Å². The molecule has 23 heavy (non-hydrogen) atoms. The number of aliphatic hydroxyl groups excluding tert-OH is 1. The minimum Gasteiger partial charge on any atom is -0.507 e. The molecule has 1 amide bonds. The Hall–Kier alpha value is -2.04. The van der Waals surface area contributed by atoms with E-state index < -0.39 is 11.3 Å². The van der Waals surface area contributed by atoms with Crippen molar-refractivity contribution in [3.05, 3.63) is 64.7 Å². The predicted molar refractivity (Wildman–Crippen MR) is 90.8 cm³/mol. The summed E-state index contributed by atoms with van der Waals surface area (Å²) in [5, 5.41) is 22.6. The number of hydrogen-bond donors (Lipinski definition) is 3. The summed E-state index contributed by atoms with van der Waals surface area (Å²) >= 11 is 5.85. The molecule has 3 N–H and O–H groups in total. The maximum absolute atomic E-state index is 12.2. The van der Waals surface area contributed by atoms with Crippen LogP contribution < -0.4 is 5.32 Å². The number of amides is 1. The van der Waals surface area contributed by atoms with Crippen LogP contribution in [0.2, 0.25) is 5.02 Å². The van der Waals surface area contributed by atoms with Gasteiger partial charge in [-0.15, -0.1) is 0 Å². The molecule has 122 valence electrons. The van der Waals surface area contributed by atoms with E-state index in [9.17, 15) is 15.0 Å². The number of aromatic hydroxyl groups is 1. The average Bonchev–Trinajstić information content (AvgIpc) is 2.56. The Labute approximate surface area is 140 Å². The SMILES string of the molecule is C[C@](CO)(CNC(=O)c1cc(Cl)ccc1O)Cc1ccccc1. The van der Waals surface area contributed by atoms with E-state index in [1.807, 2.05) is 37.3 Å². The quantitative estimate of drug-likeness (QED) is 0.761. The highest BCUT2D eigenvalue weighted by Gasteiger charge is 2.25. The summed E-state index contributed by atoms with van der Waals surface area (Å²) in [4.78, 5) is 12.2. The van der Waals surface area contributed by atoms with Crippen LogP contribution in [0.4, 0.5) is 0 Å². The van der Waals surface area contributed by atoms with Crippen molar-refractivity contribution < 1.29 is 15.0 Å². The summed E-state index contributed by atoms with van der Waals surface area (Å²) in [7, 11) is 0. The topological polar surface area (TPSA) is 69.6 Å². The van der Waals surface area contributed by atoms with Gasteiger partial charge in [-0.2, -0.15) is 0 Å². The van der Waals surface area contributed by atoms with Gasteiger partial charge in [-0.1, -0.05) is 48.9 Å². The lowest BCUT2D eigenvalue weighted by Crippen LogP contribution is -2.39. The molecule has 0 heterocycles. The average molecular weight is 334 g/mol. The Balaban J connectivity index is 2.04. The second kappa shape index (κ2) is 7.49. The number of rotatable bonds is 6. The molecule has 0 unspecified atom stereocenters. The monoisotopic (exact) mass is 333 g/mol. The standard InChI is InChI=1S/C18H20ClNO3/c1-18(12-21,10-13-5-3-2-4-6-13)11-20-17(23)15-9-14(19)7-8-16(15)22/h2-9,21-22H,10-12H2,1H3,(H,20,23)/t18-/m1/s1. The van der Waals surface area contributed by atoms with Gasteiger partial charge in [0.25, 0.3) is 5.91 Å². The van der Waals surface area contributed by atoms with Crippen LogP contribution in [0, 0.1) is 5.41 Å². The molecule has 0 aliphatic rings. The lowest BCUT2D eigenvalue weighted by Gasteiger charge is -2.27. The summed E-state index contributed by atoms with van der Waals surface area (Å²) < 4.78 is 0. The third-order valence-electron chi connectivity index (χ3n) is 3.73. The van der Waals surface area contributed by atoms with E-state index in [4.69, 9.17) is 11.6 Å². The first kappa shape index (κ1) is 17.3. The van der Waals surface area contributed by atoms with E-state index in [0.29, 0.717) is 11.4 Å². The summed E-state index contributed by atoms with van der Waals surface area (Å²) in [6.45, 7) is 2.12. The van der Waals surface area contributed by atoms with Crippen LogP contribution in [0.25, 0.3) is 0 Å². The number of carbonyl (C=O) groups excluding carboxylic acids is 1. The molecule has 0 aliphatic carbocycles. The molecule has 0 saturated heterocycles. The molecule has 2 rings (SSSR count). The first-order valence-corrected chi connectivity index (χ1v) is 7.73. The fraction of sp³-hybridized carbons (Fsp3) is 0.278. The van der Waals surface area contributed by atoms with Gasteiger partial charge in [0.1, 0.15) is 5.75 Å². The van der Waals surface area contributed by atoms with Crippen LogP contribution in [0.15, 0.2) is 48.5 Å². The highest BCUT2D eigenvalue weighted by atomic mass is 35.5. The molecular weight excluding hydrogens is 314 g/mol. The normalized spacial score (nSPS) is 13.3. The summed E-state index contributed by atoms with van der Waals surface area (Å²) in [6.07, 6.45) is 0.631. The molecule has 0 radical (unpaired) electrons. The van der Waals surface area contributed by atoms with E-state index in [0.717, 1.165) is 5.56 Å². The molecule has 0 saturated carbocycles. The number of hydrogen-bond acceptors (Lipinski definition) is 3. The fourth-order valence-corrected chi connectivity index (χ4v) is 2.51. The third-order valence-corrected chi connectivity index (χ3v) is 3.97. The minimum absolute atomic E-state index is 0.0658. The molecule has 1 atom stereocenters. The van der Waals surface area contributed by atoms with Crippen molar-refractivity contribution in [3.8, 4) is 5.75 Å². The zero-order chi connectivity index (χ0) is 16.9. The fourth-order valence-electron chi connectivity index (χ4n) is 2.34. The van der Waals surface area contributed by atoms with Gasteiger partial charge in [0.15, 0.2) is 0 Å². The minimum atomic E-state index is -0.495. The van der Waals surface area contributed by atoms with E-state index in [1.165, 1.54) is 18.2 Å². The van der Waals surface area contributed by atoms with Gasteiger partial charge in [0, 0.05) is 17.0 Å². The molecule has 4 nitrogen and oxygen atoms in total. The Morgan fingerprint density at radius 2 is 1.91 bits per heavy atom. The first-order valence-electron chi connectivity index (χ1n) is 7.35. The van der Waals surface area contributed by atoms with Gasteiger partial charge in [-0.05, 0) is 30.2 Å². The second-order valence-electron chi connectivity index (χ2n) is 5.98. The maximum atomic E-state index is 12.2. The highest BCUT2D eigenvalue weighted by Crippen LogP contribution is 2.23. The number of phenols is 1. The molecule has 0 bridgehead atoms. The predicted octanol–water partition coefficient (Wildman–Crippen LogP) is 3.02. The summed E-state index contributed by atoms with van der Waals surface area (Å²) in [5.74, 6) is -0.543. The summed E-state index contributed by atoms with van der Waals surface area (Å²) in [6, 6.07) is 14.1. The van der Waals surface area contributed by atoms with Crippen LogP contribution >= 0.6 is 11.6 Å². The molecule has 0 aromatic heterocycles. The number of halogens is 1. The lowest BCUT2D eigenvalue weighted by atomic mass is 9.84. The highest BCUT2D eigenvalue weighted by molar-refractivity contribution is 6.31. The largest absolute Gasteiger partial charge is 0.507 e. The van der Waals surface area contributed by atoms with Gasteiger partial charge >= 0.3 is 0 Å². The Morgan fingerprint density at radius 1 is 1.22 bits per heavy atom. The number of carbonyl (C=O) groups is 1. The van der Waals surface area contributed by atoms with Crippen molar-refractivity contribution in [2.24, 2.45) is 5.41 Å². The van der Waals surface area contributed by atoms with Gasteiger partial charge in [-0.25, -0.2) is 0 Å². The molecule has 0 aliphatic heterocycles. The molecular formula is C18H20ClNO3. The van der Waals surface area contributed by atoms with Crippen molar-refractivity contribution in [1.29, 1.82) is 0 Å². The number of benzene rings is 2. The number of phenolic OH excluding ortho intramolecular Hbond substituents is 1. The van der Waals surface area contributed by atoms with Crippen LogP contribution in [-0.2, 0) is 6.42 Å². The van der Waals surface area contributed by atoms with Crippen LogP contribution in [0.1, 0.15) is 22.8 Å². The number of nitrogens with one attached hydrogen (secondary N) is 1. The smallest absolute Gasteiger partial charge is 0.255 e. The maximum Gasteiger partial charge on any atom is 0.255 e. The van der Waals surface area contributed by atoms with Crippen molar-refractivity contribution >= 4 is 17.5 Å². The molecule has 0 spiro atoms. The van der Waals surface area contributed by atoms with Crippen molar-refractivity contribution in [1.82, 2.24) is 5.32 Å². The molecule has 5 heteroatoms. The van der Waals surface area contributed by atoms with Gasteiger partial charge < -0.3 is 15.5 Å². The lowest BCUT2D eigenvalue weighted by molar-refractivity contribution is 0.0892. The first-order chi connectivity index (χ1) is 10.9. The third kappa shape index (κ3) is 4.71. The van der Waals surface area contributed by atoms with Crippen LogP contribution in [0.5, 0.6) is 5.75 Å². The van der Waals surface area contributed by atoms with Crippen LogP contribution in [-0.4, -0.2) is 29.3 Å². The second-order valence-corrected chi connectivity index (χ2v) is 6.41. The van der Waals surface area contributed by atoms with E-state index in [1.54, 1.807) is 0 Å². The van der Waals surface area contributed by atoms with Crippen molar-refractivity contribution in [3.63, 3.8) is 0 Å². The zero-order valence-electron chi connectivity index (χ0n) is 12.9. The van der Waals surface area contributed by atoms with Crippen molar-refractivity contribution in [2.75, 3.05) is 13.2 Å².